The zero-order chi connectivity index (χ0) is 25.8. The fourth-order valence-electron chi connectivity index (χ4n) is 11.6. The summed E-state index contributed by atoms with van der Waals surface area (Å²) < 4.78 is 5.94. The van der Waals surface area contributed by atoms with Crippen LogP contribution in [0.15, 0.2) is 0 Å². The predicted octanol–water partition coefficient (Wildman–Crippen LogP) is 8.00. The van der Waals surface area contributed by atoms with E-state index in [0.717, 1.165) is 31.6 Å². The van der Waals surface area contributed by atoms with Gasteiger partial charge in [-0.1, -0.05) is 55.4 Å². The van der Waals surface area contributed by atoms with E-state index < -0.39 is 0 Å². The van der Waals surface area contributed by atoms with Crippen LogP contribution in [0.5, 0.6) is 0 Å². The normalized spacial score (nSPS) is 55.1. The highest BCUT2D eigenvalue weighted by atomic mass is 16.5. The number of ketones is 1. The number of ether oxygens (including phenoxy) is 1. The first-order valence-corrected chi connectivity index (χ1v) is 14.7. The Labute approximate surface area is 214 Å². The van der Waals surface area contributed by atoms with Gasteiger partial charge in [-0.3, -0.25) is 9.59 Å². The van der Waals surface area contributed by atoms with Gasteiger partial charge in [0.25, 0.3) is 0 Å². The van der Waals surface area contributed by atoms with Crippen molar-refractivity contribution >= 4 is 11.8 Å². The first kappa shape index (κ1) is 25.8. The minimum atomic E-state index is -0.129. The smallest absolute Gasteiger partial charge is 0.302 e. The number of fused-ring (bicyclic) bond motifs is 7. The Balaban J connectivity index is 1.51. The minimum absolute atomic E-state index is 0.0160. The van der Waals surface area contributed by atoms with E-state index in [2.05, 4.69) is 55.4 Å². The summed E-state index contributed by atoms with van der Waals surface area (Å²) >= 11 is 0. The Bertz CT molecular complexity index is 922. The van der Waals surface area contributed by atoms with Crippen LogP contribution >= 0.6 is 0 Å². The number of carbonyl (C=O) groups excluding carboxylic acids is 2. The molecular formula is C32H52O3. The van der Waals surface area contributed by atoms with Crippen molar-refractivity contribution in [2.24, 2.45) is 56.2 Å². The molecule has 0 aromatic rings. The number of hydrogen-bond donors (Lipinski definition) is 0. The molecule has 0 aromatic carbocycles. The van der Waals surface area contributed by atoms with E-state index in [1.807, 2.05) is 0 Å². The SMILES string of the molecule is CC(=O)O[C@@H]1C[C@]2(C)CC[C@]3(C)[C@H]4CC[C@@]5(C)[C@@H](CCC(=O)[C@@H]5C)[C@]4(C)CC[C@@]3(C)[C@@H]2CC1(C)C. The van der Waals surface area contributed by atoms with Crippen LogP contribution in [0.2, 0.25) is 0 Å². The summed E-state index contributed by atoms with van der Waals surface area (Å²) in [5.74, 6) is 2.68. The summed E-state index contributed by atoms with van der Waals surface area (Å²) in [6.07, 6.45) is 11.8. The van der Waals surface area contributed by atoms with E-state index in [9.17, 15) is 9.59 Å². The van der Waals surface area contributed by atoms with Crippen molar-refractivity contribution in [1.82, 2.24) is 0 Å². The van der Waals surface area contributed by atoms with Crippen LogP contribution in [0.3, 0.4) is 0 Å². The summed E-state index contributed by atoms with van der Waals surface area (Å²) in [7, 11) is 0. The first-order valence-electron chi connectivity index (χ1n) is 14.7. The molecule has 5 fully saturated rings. The highest BCUT2D eigenvalue weighted by Gasteiger charge is 2.71. The van der Waals surface area contributed by atoms with Gasteiger partial charge >= 0.3 is 5.97 Å². The molecule has 0 bridgehead atoms. The fourth-order valence-corrected chi connectivity index (χ4v) is 11.6. The van der Waals surface area contributed by atoms with Crippen molar-refractivity contribution in [3.05, 3.63) is 0 Å². The molecule has 35 heavy (non-hydrogen) atoms. The van der Waals surface area contributed by atoms with Crippen molar-refractivity contribution in [2.75, 3.05) is 0 Å². The number of carbonyl (C=O) groups is 2. The van der Waals surface area contributed by atoms with Gasteiger partial charge in [0, 0.05) is 24.7 Å². The molecule has 5 aliphatic carbocycles. The van der Waals surface area contributed by atoms with Gasteiger partial charge in [0.05, 0.1) is 0 Å². The molecule has 0 amide bonds. The molecule has 5 rings (SSSR count). The van der Waals surface area contributed by atoms with Crippen LogP contribution < -0.4 is 0 Å². The molecule has 0 unspecified atom stereocenters. The Kier molecular flexibility index (Phi) is 5.59. The Hall–Kier alpha value is -0.860. The quantitative estimate of drug-likeness (QED) is 0.354. The Morgan fingerprint density at radius 3 is 2.06 bits per heavy atom. The van der Waals surface area contributed by atoms with E-state index >= 15 is 0 Å². The van der Waals surface area contributed by atoms with Gasteiger partial charge in [-0.05, 0) is 103 Å². The van der Waals surface area contributed by atoms with Crippen LogP contribution in [-0.4, -0.2) is 17.9 Å². The zero-order valence-corrected chi connectivity index (χ0v) is 24.2. The maximum Gasteiger partial charge on any atom is 0.302 e. The van der Waals surface area contributed by atoms with Gasteiger partial charge in [0.1, 0.15) is 11.9 Å². The lowest BCUT2D eigenvalue weighted by molar-refractivity contribution is -0.265. The molecular weight excluding hydrogens is 432 g/mol. The highest BCUT2D eigenvalue weighted by Crippen LogP contribution is 2.78. The second kappa shape index (κ2) is 7.59. The molecule has 0 saturated heterocycles. The molecule has 0 radical (unpaired) electrons. The fraction of sp³-hybridized carbons (Fsp3) is 0.938. The third-order valence-corrected chi connectivity index (χ3v) is 14.2. The zero-order valence-electron chi connectivity index (χ0n) is 24.2. The van der Waals surface area contributed by atoms with Crippen molar-refractivity contribution in [3.8, 4) is 0 Å². The van der Waals surface area contributed by atoms with Crippen LogP contribution in [0.1, 0.15) is 127 Å². The summed E-state index contributed by atoms with van der Waals surface area (Å²) in [4.78, 5) is 24.7. The topological polar surface area (TPSA) is 43.4 Å². The molecule has 0 spiro atoms. The van der Waals surface area contributed by atoms with Crippen LogP contribution in [-0.2, 0) is 14.3 Å². The molecule has 3 heteroatoms. The number of hydrogen-bond acceptors (Lipinski definition) is 3. The summed E-state index contributed by atoms with van der Waals surface area (Å²) in [5.41, 5.74) is 1.42. The van der Waals surface area contributed by atoms with E-state index in [4.69, 9.17) is 4.74 Å². The summed E-state index contributed by atoms with van der Waals surface area (Å²) in [6, 6.07) is 0. The number of esters is 1. The van der Waals surface area contributed by atoms with Crippen molar-refractivity contribution in [2.45, 2.75) is 133 Å². The Morgan fingerprint density at radius 1 is 0.771 bits per heavy atom. The van der Waals surface area contributed by atoms with Gasteiger partial charge in [-0.25, -0.2) is 0 Å². The van der Waals surface area contributed by atoms with Gasteiger partial charge in [0.15, 0.2) is 0 Å². The van der Waals surface area contributed by atoms with Gasteiger partial charge in [-0.2, -0.15) is 0 Å². The minimum Gasteiger partial charge on any atom is -0.462 e. The maximum atomic E-state index is 12.8. The molecule has 198 valence electrons. The average molecular weight is 485 g/mol. The van der Waals surface area contributed by atoms with Crippen molar-refractivity contribution < 1.29 is 14.3 Å². The van der Waals surface area contributed by atoms with E-state index in [1.54, 1.807) is 6.92 Å². The largest absolute Gasteiger partial charge is 0.462 e. The van der Waals surface area contributed by atoms with Gasteiger partial charge < -0.3 is 4.74 Å². The molecule has 10 atom stereocenters. The molecule has 5 saturated carbocycles. The lowest BCUT2D eigenvalue weighted by Crippen LogP contribution is -2.68. The van der Waals surface area contributed by atoms with Crippen molar-refractivity contribution in [1.29, 1.82) is 0 Å². The summed E-state index contributed by atoms with van der Waals surface area (Å²) in [6.45, 7) is 21.5. The van der Waals surface area contributed by atoms with Crippen molar-refractivity contribution in [3.63, 3.8) is 0 Å². The molecule has 0 aliphatic heterocycles. The molecule has 3 nitrogen and oxygen atoms in total. The van der Waals surface area contributed by atoms with E-state index in [-0.39, 0.29) is 34.2 Å². The average Bonchev–Trinajstić information content (AvgIpc) is 2.75. The number of rotatable bonds is 1. The van der Waals surface area contributed by atoms with Gasteiger partial charge in [0.2, 0.25) is 0 Å². The molecule has 0 heterocycles. The van der Waals surface area contributed by atoms with E-state index in [0.29, 0.717) is 33.9 Å². The lowest BCUT2D eigenvalue weighted by Gasteiger charge is -2.75. The van der Waals surface area contributed by atoms with Gasteiger partial charge in [-0.15, -0.1) is 0 Å². The van der Waals surface area contributed by atoms with Crippen LogP contribution in [0, 0.1) is 56.2 Å². The Morgan fingerprint density at radius 2 is 1.40 bits per heavy atom. The van der Waals surface area contributed by atoms with E-state index in [1.165, 1.54) is 38.5 Å². The third-order valence-electron chi connectivity index (χ3n) is 14.2. The first-order chi connectivity index (χ1) is 16.0. The third kappa shape index (κ3) is 3.27. The molecule has 0 aromatic heterocycles. The second-order valence-electron chi connectivity index (χ2n) is 15.9. The maximum absolute atomic E-state index is 12.8. The standard InChI is InChI=1S/C32H52O3/c1-20-22(34)10-11-23-29(20,6)13-12-24-30(23,7)15-17-32(9)25-18-27(3,4)26(35-21(2)33)19-28(25,5)14-16-31(24,32)8/h20,23-26H,10-19H2,1-9H3/t20-,23+,24-,25+,26+,28-,29+,30-,31+,32-/m0/s1. The van der Waals surface area contributed by atoms with Crippen LogP contribution in [0.25, 0.3) is 0 Å². The summed E-state index contributed by atoms with van der Waals surface area (Å²) in [5, 5.41) is 0. The molecule has 0 N–H and O–H groups in total. The van der Waals surface area contributed by atoms with Crippen LogP contribution in [0.4, 0.5) is 0 Å². The monoisotopic (exact) mass is 484 g/mol. The number of Topliss-reactive ketones (excluding diaryl/α,β-unsaturated/α-hetero) is 1. The molecule has 5 aliphatic rings. The lowest BCUT2D eigenvalue weighted by atomic mass is 9.30. The second-order valence-corrected chi connectivity index (χ2v) is 15.9. The predicted molar refractivity (Wildman–Crippen MR) is 141 cm³/mol. The highest BCUT2D eigenvalue weighted by molar-refractivity contribution is 5.82.